The number of carbonyl (C=O) groups excluding carboxylic acids is 1. The van der Waals surface area contributed by atoms with Crippen LogP contribution in [0.1, 0.15) is 51.9 Å². The molecular formula is C14H26N2O. The van der Waals surface area contributed by atoms with Gasteiger partial charge in [-0.25, -0.2) is 0 Å². The number of carbonyl (C=O) groups is 1. The topological polar surface area (TPSA) is 41.1 Å². The van der Waals surface area contributed by atoms with Gasteiger partial charge in [0.15, 0.2) is 0 Å². The quantitative estimate of drug-likeness (QED) is 0.770. The van der Waals surface area contributed by atoms with E-state index in [4.69, 9.17) is 0 Å². The minimum Gasteiger partial charge on any atom is -0.353 e. The third-order valence-electron chi connectivity index (χ3n) is 4.35. The Morgan fingerprint density at radius 1 is 1.35 bits per heavy atom. The predicted octanol–water partition coefficient (Wildman–Crippen LogP) is 2.07. The van der Waals surface area contributed by atoms with Crippen LogP contribution in [0.4, 0.5) is 0 Å². The lowest BCUT2D eigenvalue weighted by molar-refractivity contribution is -0.125. The number of nitrogens with one attached hydrogen (secondary N) is 2. The molecule has 0 aromatic heterocycles. The minimum absolute atomic E-state index is 0.224. The van der Waals surface area contributed by atoms with Crippen LogP contribution in [0.2, 0.25) is 0 Å². The van der Waals surface area contributed by atoms with Crippen LogP contribution in [-0.4, -0.2) is 25.0 Å². The van der Waals surface area contributed by atoms with Crippen LogP contribution in [0.3, 0.4) is 0 Å². The zero-order valence-corrected chi connectivity index (χ0v) is 11.0. The molecule has 1 aliphatic carbocycles. The van der Waals surface area contributed by atoms with Gasteiger partial charge < -0.3 is 10.6 Å². The van der Waals surface area contributed by atoms with Gasteiger partial charge in [0.25, 0.3) is 0 Å². The Morgan fingerprint density at radius 2 is 2.24 bits per heavy atom. The van der Waals surface area contributed by atoms with Gasteiger partial charge in [-0.05, 0) is 38.1 Å². The maximum Gasteiger partial charge on any atom is 0.224 e. The first-order chi connectivity index (χ1) is 8.31. The van der Waals surface area contributed by atoms with E-state index in [0.29, 0.717) is 11.9 Å². The summed E-state index contributed by atoms with van der Waals surface area (Å²) in [6.45, 7) is 4.12. The molecule has 0 bridgehead atoms. The van der Waals surface area contributed by atoms with E-state index in [-0.39, 0.29) is 5.92 Å². The molecule has 0 aromatic carbocycles. The summed E-state index contributed by atoms with van der Waals surface area (Å²) in [5, 5.41) is 6.56. The Bertz CT molecular complexity index is 249. The van der Waals surface area contributed by atoms with Crippen molar-refractivity contribution in [3.05, 3.63) is 0 Å². The van der Waals surface area contributed by atoms with E-state index in [1.807, 2.05) is 0 Å². The molecule has 2 N–H and O–H groups in total. The fraction of sp³-hybridized carbons (Fsp3) is 0.929. The van der Waals surface area contributed by atoms with Crippen molar-refractivity contribution in [2.45, 2.75) is 57.9 Å². The molecule has 3 heteroatoms. The largest absolute Gasteiger partial charge is 0.353 e. The van der Waals surface area contributed by atoms with E-state index in [9.17, 15) is 4.79 Å². The third kappa shape index (κ3) is 3.44. The van der Waals surface area contributed by atoms with E-state index >= 15 is 0 Å². The molecule has 2 fully saturated rings. The summed E-state index contributed by atoms with van der Waals surface area (Å²) in [6, 6.07) is 0.467. The van der Waals surface area contributed by atoms with Crippen LogP contribution in [-0.2, 0) is 4.79 Å². The molecule has 1 aliphatic heterocycles. The molecule has 3 nitrogen and oxygen atoms in total. The van der Waals surface area contributed by atoms with Gasteiger partial charge in [-0.15, -0.1) is 0 Å². The van der Waals surface area contributed by atoms with Crippen LogP contribution in [0, 0.1) is 11.8 Å². The summed E-state index contributed by atoms with van der Waals surface area (Å²) in [5.41, 5.74) is 0. The first-order valence-electron chi connectivity index (χ1n) is 7.32. The van der Waals surface area contributed by atoms with Crippen LogP contribution in [0.15, 0.2) is 0 Å². The number of hydrogen-bond acceptors (Lipinski definition) is 2. The van der Waals surface area contributed by atoms with Gasteiger partial charge in [0.05, 0.1) is 5.92 Å². The summed E-state index contributed by atoms with van der Waals surface area (Å²) < 4.78 is 0. The highest BCUT2D eigenvalue weighted by Crippen LogP contribution is 2.30. The van der Waals surface area contributed by atoms with Gasteiger partial charge in [-0.2, -0.15) is 0 Å². The summed E-state index contributed by atoms with van der Waals surface area (Å²) in [4.78, 5) is 12.1. The van der Waals surface area contributed by atoms with Crippen molar-refractivity contribution < 1.29 is 4.79 Å². The Kier molecular flexibility index (Phi) is 4.84. The van der Waals surface area contributed by atoms with Gasteiger partial charge in [-0.3, -0.25) is 4.79 Å². The van der Waals surface area contributed by atoms with Crippen molar-refractivity contribution >= 4 is 5.91 Å². The van der Waals surface area contributed by atoms with E-state index in [0.717, 1.165) is 25.4 Å². The molecule has 0 aromatic rings. The Hall–Kier alpha value is -0.570. The lowest BCUT2D eigenvalue weighted by Crippen LogP contribution is -2.41. The van der Waals surface area contributed by atoms with Gasteiger partial charge in [0.2, 0.25) is 5.91 Å². The van der Waals surface area contributed by atoms with Crippen molar-refractivity contribution in [1.29, 1.82) is 0 Å². The molecule has 2 rings (SSSR count). The van der Waals surface area contributed by atoms with Crippen molar-refractivity contribution in [1.82, 2.24) is 10.6 Å². The number of rotatable bonds is 5. The summed E-state index contributed by atoms with van der Waals surface area (Å²) in [7, 11) is 0. The highest BCUT2D eigenvalue weighted by Gasteiger charge is 2.30. The van der Waals surface area contributed by atoms with E-state index < -0.39 is 0 Å². The Morgan fingerprint density at radius 3 is 2.94 bits per heavy atom. The molecule has 1 saturated carbocycles. The number of unbranched alkanes of at least 4 members (excludes halogenated alkanes) is 1. The van der Waals surface area contributed by atoms with Crippen LogP contribution in [0.5, 0.6) is 0 Å². The zero-order valence-electron chi connectivity index (χ0n) is 11.0. The molecule has 3 atom stereocenters. The molecule has 17 heavy (non-hydrogen) atoms. The first-order valence-corrected chi connectivity index (χ1v) is 7.32. The maximum atomic E-state index is 12.1. The maximum absolute atomic E-state index is 12.1. The monoisotopic (exact) mass is 238 g/mol. The number of amides is 1. The van der Waals surface area contributed by atoms with Crippen molar-refractivity contribution in [3.8, 4) is 0 Å². The summed E-state index contributed by atoms with van der Waals surface area (Å²) in [5.74, 6) is 1.26. The molecule has 1 saturated heterocycles. The van der Waals surface area contributed by atoms with Gasteiger partial charge in [0, 0.05) is 12.6 Å². The normalized spacial score (nSPS) is 32.9. The molecule has 3 unspecified atom stereocenters. The standard InChI is InChI=1S/C14H26N2O/c1-2-3-5-11-6-4-7-13(11)16-14(17)12-8-9-15-10-12/h11-13,15H,2-10H2,1H3,(H,16,17). The molecule has 1 amide bonds. The number of hydrogen-bond donors (Lipinski definition) is 2. The second kappa shape index (κ2) is 6.39. The van der Waals surface area contributed by atoms with Crippen molar-refractivity contribution in [2.75, 3.05) is 13.1 Å². The Balaban J connectivity index is 1.78. The summed E-state index contributed by atoms with van der Waals surface area (Å²) in [6.07, 6.45) is 8.69. The molecule has 98 valence electrons. The lowest BCUT2D eigenvalue weighted by atomic mass is 9.96. The predicted molar refractivity (Wildman–Crippen MR) is 69.8 cm³/mol. The highest BCUT2D eigenvalue weighted by molar-refractivity contribution is 5.79. The zero-order chi connectivity index (χ0) is 12.1. The average Bonchev–Trinajstić information content (AvgIpc) is 2.97. The van der Waals surface area contributed by atoms with Crippen LogP contribution >= 0.6 is 0 Å². The SMILES string of the molecule is CCCCC1CCCC1NC(=O)C1CCNC1. The van der Waals surface area contributed by atoms with E-state index in [1.165, 1.54) is 38.5 Å². The Labute approximate surface area is 105 Å². The summed E-state index contributed by atoms with van der Waals surface area (Å²) >= 11 is 0. The molecular weight excluding hydrogens is 212 g/mol. The fourth-order valence-electron chi connectivity index (χ4n) is 3.22. The molecule has 1 heterocycles. The van der Waals surface area contributed by atoms with E-state index in [1.54, 1.807) is 0 Å². The highest BCUT2D eigenvalue weighted by atomic mass is 16.2. The molecule has 0 radical (unpaired) electrons. The van der Waals surface area contributed by atoms with Crippen LogP contribution in [0.25, 0.3) is 0 Å². The lowest BCUT2D eigenvalue weighted by Gasteiger charge is -2.22. The first kappa shape index (κ1) is 12.9. The average molecular weight is 238 g/mol. The second-order valence-corrected chi connectivity index (χ2v) is 5.64. The molecule has 0 spiro atoms. The van der Waals surface area contributed by atoms with E-state index in [2.05, 4.69) is 17.6 Å². The molecule has 2 aliphatic rings. The second-order valence-electron chi connectivity index (χ2n) is 5.64. The van der Waals surface area contributed by atoms with Crippen molar-refractivity contribution in [2.24, 2.45) is 11.8 Å². The van der Waals surface area contributed by atoms with Gasteiger partial charge in [0.1, 0.15) is 0 Å². The minimum atomic E-state index is 0.224. The smallest absolute Gasteiger partial charge is 0.224 e. The van der Waals surface area contributed by atoms with Gasteiger partial charge in [-0.1, -0.05) is 26.2 Å². The third-order valence-corrected chi connectivity index (χ3v) is 4.35. The van der Waals surface area contributed by atoms with Crippen molar-refractivity contribution in [3.63, 3.8) is 0 Å². The van der Waals surface area contributed by atoms with Gasteiger partial charge >= 0.3 is 0 Å². The van der Waals surface area contributed by atoms with Crippen LogP contribution < -0.4 is 10.6 Å². The fourth-order valence-corrected chi connectivity index (χ4v) is 3.22.